The monoisotopic (exact) mass is 328 g/mol. The quantitative estimate of drug-likeness (QED) is 0.769. The van der Waals surface area contributed by atoms with Gasteiger partial charge in [0.25, 0.3) is 5.91 Å². The number of halogens is 1. The molecule has 4 heteroatoms. The number of aromatic nitrogens is 1. The van der Waals surface area contributed by atoms with Crippen molar-refractivity contribution in [2.45, 2.75) is 53.1 Å². The van der Waals surface area contributed by atoms with Crippen molar-refractivity contribution in [3.05, 3.63) is 22.4 Å². The fraction of sp³-hybridized carbons (Fsp3) is 0.667. The maximum atomic E-state index is 12.6. The predicted molar refractivity (Wildman–Crippen MR) is 83.4 cm³/mol. The van der Waals surface area contributed by atoms with E-state index in [0.717, 1.165) is 29.6 Å². The first kappa shape index (κ1) is 16.3. The summed E-state index contributed by atoms with van der Waals surface area (Å²) in [7, 11) is 1.90. The first-order chi connectivity index (χ1) is 8.86. The number of rotatable bonds is 6. The molecular weight excluding hydrogens is 304 g/mol. The van der Waals surface area contributed by atoms with Crippen molar-refractivity contribution in [3.63, 3.8) is 0 Å². The van der Waals surface area contributed by atoms with Crippen molar-refractivity contribution >= 4 is 21.8 Å². The van der Waals surface area contributed by atoms with Crippen LogP contribution in [0.3, 0.4) is 0 Å². The molecule has 0 aliphatic rings. The van der Waals surface area contributed by atoms with Crippen LogP contribution in [0.25, 0.3) is 0 Å². The Labute approximate surface area is 125 Å². The second-order valence-electron chi connectivity index (χ2n) is 5.63. The van der Waals surface area contributed by atoms with Crippen LogP contribution in [0.1, 0.15) is 51.0 Å². The summed E-state index contributed by atoms with van der Waals surface area (Å²) in [5, 5.41) is 0. The van der Waals surface area contributed by atoms with Gasteiger partial charge in [-0.1, -0.05) is 20.8 Å². The van der Waals surface area contributed by atoms with Crippen molar-refractivity contribution in [2.75, 3.05) is 7.05 Å². The summed E-state index contributed by atoms with van der Waals surface area (Å²) >= 11 is 3.46. The average Bonchev–Trinajstić information content (AvgIpc) is 2.68. The summed E-state index contributed by atoms with van der Waals surface area (Å²) in [5.41, 5.74) is 0.770. The Bertz CT molecular complexity index is 426. The number of amides is 1. The van der Waals surface area contributed by atoms with E-state index in [1.54, 1.807) is 0 Å². The first-order valence-electron chi connectivity index (χ1n) is 6.99. The normalized spacial score (nSPS) is 12.8. The maximum absolute atomic E-state index is 12.6. The van der Waals surface area contributed by atoms with Gasteiger partial charge in [0.05, 0.1) is 0 Å². The largest absolute Gasteiger partial charge is 0.342 e. The molecule has 108 valence electrons. The number of hydrogen-bond acceptors (Lipinski definition) is 1. The Morgan fingerprint density at radius 1 is 1.42 bits per heavy atom. The lowest BCUT2D eigenvalue weighted by Crippen LogP contribution is -2.37. The Morgan fingerprint density at radius 3 is 2.58 bits per heavy atom. The SMILES string of the molecule is CCCn1cc(Br)cc1C(=O)N(C)C(C)CC(C)C. The summed E-state index contributed by atoms with van der Waals surface area (Å²) in [6, 6.07) is 2.17. The van der Waals surface area contributed by atoms with E-state index in [0.29, 0.717) is 5.92 Å². The van der Waals surface area contributed by atoms with E-state index in [1.807, 2.05) is 28.8 Å². The highest BCUT2D eigenvalue weighted by Crippen LogP contribution is 2.19. The topological polar surface area (TPSA) is 25.2 Å². The number of hydrogen-bond donors (Lipinski definition) is 0. The molecule has 0 radical (unpaired) electrons. The van der Waals surface area contributed by atoms with Gasteiger partial charge in [0.1, 0.15) is 5.69 Å². The van der Waals surface area contributed by atoms with Crippen LogP contribution in [0.15, 0.2) is 16.7 Å². The van der Waals surface area contributed by atoms with Crippen LogP contribution in [-0.4, -0.2) is 28.5 Å². The summed E-state index contributed by atoms with van der Waals surface area (Å²) in [5.74, 6) is 0.701. The Kier molecular flexibility index (Phi) is 6.11. The number of carbonyl (C=O) groups is 1. The zero-order valence-corrected chi connectivity index (χ0v) is 14.2. The van der Waals surface area contributed by atoms with Crippen LogP contribution in [0.4, 0.5) is 0 Å². The summed E-state index contributed by atoms with van der Waals surface area (Å²) in [6.07, 6.45) is 4.03. The summed E-state index contributed by atoms with van der Waals surface area (Å²) in [6.45, 7) is 9.47. The van der Waals surface area contributed by atoms with Gasteiger partial charge in [-0.05, 0) is 47.7 Å². The molecule has 0 saturated heterocycles. The van der Waals surface area contributed by atoms with Crippen molar-refractivity contribution in [1.29, 1.82) is 0 Å². The molecule has 0 spiro atoms. The predicted octanol–water partition coefficient (Wildman–Crippen LogP) is 4.17. The molecule has 0 aromatic carbocycles. The Morgan fingerprint density at radius 2 is 2.05 bits per heavy atom. The Hall–Kier alpha value is -0.770. The third-order valence-corrected chi connectivity index (χ3v) is 3.77. The van der Waals surface area contributed by atoms with Gasteiger partial charge in [-0.15, -0.1) is 0 Å². The molecule has 0 aliphatic carbocycles. The standard InChI is InChI=1S/C15H25BrN2O/c1-6-7-18-10-13(16)9-14(18)15(19)17(5)12(4)8-11(2)3/h9-12H,6-8H2,1-5H3. The Balaban J connectivity index is 2.87. The molecule has 1 aromatic heterocycles. The number of aryl methyl sites for hydroxylation is 1. The lowest BCUT2D eigenvalue weighted by molar-refractivity contribution is 0.0717. The zero-order valence-electron chi connectivity index (χ0n) is 12.6. The van der Waals surface area contributed by atoms with Crippen LogP contribution in [-0.2, 0) is 6.54 Å². The molecule has 1 aromatic rings. The molecule has 1 heterocycles. The lowest BCUT2D eigenvalue weighted by atomic mass is 10.0. The van der Waals surface area contributed by atoms with Crippen molar-refractivity contribution < 1.29 is 4.79 Å². The third-order valence-electron chi connectivity index (χ3n) is 3.34. The van der Waals surface area contributed by atoms with E-state index in [9.17, 15) is 4.79 Å². The highest BCUT2D eigenvalue weighted by molar-refractivity contribution is 9.10. The number of carbonyl (C=O) groups excluding carboxylic acids is 1. The van der Waals surface area contributed by atoms with Gasteiger partial charge in [0, 0.05) is 30.3 Å². The van der Waals surface area contributed by atoms with E-state index in [-0.39, 0.29) is 11.9 Å². The van der Waals surface area contributed by atoms with Crippen molar-refractivity contribution in [2.24, 2.45) is 5.92 Å². The van der Waals surface area contributed by atoms with Gasteiger partial charge in [-0.3, -0.25) is 4.79 Å². The minimum absolute atomic E-state index is 0.104. The van der Waals surface area contributed by atoms with Crippen LogP contribution < -0.4 is 0 Å². The molecule has 19 heavy (non-hydrogen) atoms. The van der Waals surface area contributed by atoms with E-state index < -0.39 is 0 Å². The minimum atomic E-state index is 0.104. The van der Waals surface area contributed by atoms with Gasteiger partial charge in [0.2, 0.25) is 0 Å². The first-order valence-corrected chi connectivity index (χ1v) is 7.78. The highest BCUT2D eigenvalue weighted by atomic mass is 79.9. The molecule has 1 unspecified atom stereocenters. The van der Waals surface area contributed by atoms with E-state index in [2.05, 4.69) is 43.6 Å². The second kappa shape index (κ2) is 7.13. The summed E-state index contributed by atoms with van der Waals surface area (Å²) < 4.78 is 3.00. The molecule has 0 N–H and O–H groups in total. The lowest BCUT2D eigenvalue weighted by Gasteiger charge is -2.26. The van der Waals surface area contributed by atoms with E-state index in [1.165, 1.54) is 0 Å². The number of nitrogens with zero attached hydrogens (tertiary/aromatic N) is 2. The van der Waals surface area contributed by atoms with Crippen LogP contribution in [0.5, 0.6) is 0 Å². The molecular formula is C15H25BrN2O. The van der Waals surface area contributed by atoms with E-state index >= 15 is 0 Å². The van der Waals surface area contributed by atoms with Crippen LogP contribution in [0.2, 0.25) is 0 Å². The van der Waals surface area contributed by atoms with Gasteiger partial charge >= 0.3 is 0 Å². The van der Waals surface area contributed by atoms with Crippen LogP contribution >= 0.6 is 15.9 Å². The molecule has 3 nitrogen and oxygen atoms in total. The molecule has 1 amide bonds. The van der Waals surface area contributed by atoms with Gasteiger partial charge in [0.15, 0.2) is 0 Å². The fourth-order valence-electron chi connectivity index (χ4n) is 2.30. The smallest absolute Gasteiger partial charge is 0.270 e. The van der Waals surface area contributed by atoms with Gasteiger partial charge in [-0.25, -0.2) is 0 Å². The molecule has 1 rings (SSSR count). The molecule has 0 fully saturated rings. The summed E-state index contributed by atoms with van der Waals surface area (Å²) in [4.78, 5) is 14.4. The van der Waals surface area contributed by atoms with Crippen molar-refractivity contribution in [1.82, 2.24) is 9.47 Å². The third kappa shape index (κ3) is 4.37. The minimum Gasteiger partial charge on any atom is -0.342 e. The maximum Gasteiger partial charge on any atom is 0.270 e. The molecule has 0 saturated carbocycles. The second-order valence-corrected chi connectivity index (χ2v) is 6.55. The average molecular weight is 329 g/mol. The molecule has 0 aliphatic heterocycles. The highest BCUT2D eigenvalue weighted by Gasteiger charge is 2.21. The van der Waals surface area contributed by atoms with Gasteiger partial charge < -0.3 is 9.47 Å². The van der Waals surface area contributed by atoms with E-state index in [4.69, 9.17) is 0 Å². The van der Waals surface area contributed by atoms with Crippen LogP contribution in [0, 0.1) is 5.92 Å². The molecule has 0 bridgehead atoms. The van der Waals surface area contributed by atoms with Crippen molar-refractivity contribution in [3.8, 4) is 0 Å². The fourth-order valence-corrected chi connectivity index (χ4v) is 2.76. The molecule has 1 atom stereocenters. The zero-order chi connectivity index (χ0) is 14.6. The van der Waals surface area contributed by atoms with Gasteiger partial charge in [-0.2, -0.15) is 0 Å².